The second-order valence-corrected chi connectivity index (χ2v) is 7.12. The first kappa shape index (κ1) is 18.2. The van der Waals surface area contributed by atoms with Gasteiger partial charge in [-0.2, -0.15) is 4.99 Å². The molecule has 1 aromatic heterocycles. The maximum absolute atomic E-state index is 13.8. The first-order valence-electron chi connectivity index (χ1n) is 8.33. The van der Waals surface area contributed by atoms with Gasteiger partial charge in [-0.25, -0.2) is 4.39 Å². The first-order valence-corrected chi connectivity index (χ1v) is 9.62. The largest absolute Gasteiger partial charge is 0.370 e. The van der Waals surface area contributed by atoms with Crippen LogP contribution in [-0.4, -0.2) is 49.1 Å². The van der Waals surface area contributed by atoms with Crippen molar-refractivity contribution in [3.8, 4) is 0 Å². The average molecular weight is 382 g/mol. The molecule has 1 fully saturated rings. The lowest BCUT2D eigenvalue weighted by Gasteiger charge is -2.23. The zero-order chi connectivity index (χ0) is 17.5. The van der Waals surface area contributed by atoms with Crippen LogP contribution in [0.15, 0.2) is 40.8 Å². The van der Waals surface area contributed by atoms with Crippen molar-refractivity contribution in [2.75, 3.05) is 39.4 Å². The van der Waals surface area contributed by atoms with Crippen LogP contribution in [0.3, 0.4) is 0 Å². The molecule has 0 amide bonds. The van der Waals surface area contributed by atoms with Crippen LogP contribution in [0.5, 0.6) is 0 Å². The summed E-state index contributed by atoms with van der Waals surface area (Å²) < 4.78 is 21.1. The Bertz CT molecular complexity index is 768. The summed E-state index contributed by atoms with van der Waals surface area (Å²) in [5.74, 6) is -0.207. The number of quaternary nitrogens is 1. The van der Waals surface area contributed by atoms with Gasteiger partial charge >= 0.3 is 0 Å². The van der Waals surface area contributed by atoms with E-state index in [0.717, 1.165) is 44.2 Å². The molecule has 0 aliphatic carbocycles. The van der Waals surface area contributed by atoms with E-state index in [1.54, 1.807) is 12.1 Å². The van der Waals surface area contributed by atoms with E-state index in [1.807, 2.05) is 22.2 Å². The predicted molar refractivity (Wildman–Crippen MR) is 100 cm³/mol. The number of morpholine rings is 1. The first-order chi connectivity index (χ1) is 12.2. The lowest BCUT2D eigenvalue weighted by atomic mass is 10.2. The van der Waals surface area contributed by atoms with Crippen molar-refractivity contribution < 1.29 is 14.0 Å². The van der Waals surface area contributed by atoms with Crippen molar-refractivity contribution in [1.29, 1.82) is 0 Å². The van der Waals surface area contributed by atoms with Crippen molar-refractivity contribution in [2.24, 2.45) is 4.99 Å². The molecule has 0 bridgehead atoms. The third-order valence-electron chi connectivity index (χ3n) is 4.11. The summed E-state index contributed by atoms with van der Waals surface area (Å²) in [4.78, 5) is 6.76. The maximum Gasteiger partial charge on any atom is 0.195 e. The van der Waals surface area contributed by atoms with Crippen LogP contribution in [0, 0.1) is 5.82 Å². The van der Waals surface area contributed by atoms with Gasteiger partial charge in [-0.1, -0.05) is 18.2 Å². The molecule has 0 spiro atoms. The molecule has 1 aliphatic rings. The number of thiazole rings is 1. The highest BCUT2D eigenvalue weighted by molar-refractivity contribution is 7.80. The number of nitrogens with one attached hydrogen (secondary N) is 2. The summed E-state index contributed by atoms with van der Waals surface area (Å²) in [6, 6.07) is 6.78. The Morgan fingerprint density at radius 2 is 2.16 bits per heavy atom. The molecule has 0 saturated carbocycles. The Morgan fingerprint density at radius 3 is 2.96 bits per heavy atom. The van der Waals surface area contributed by atoms with Crippen molar-refractivity contribution in [2.45, 2.75) is 6.54 Å². The third kappa shape index (κ3) is 5.43. The Labute approximate surface area is 155 Å². The van der Waals surface area contributed by atoms with Gasteiger partial charge in [-0.15, -0.1) is 11.3 Å². The number of thiocarbonyl (C=S) groups is 1. The summed E-state index contributed by atoms with van der Waals surface area (Å²) in [6.45, 7) is 5.97. The second-order valence-electron chi connectivity index (χ2n) is 5.86. The molecular weight excluding hydrogens is 359 g/mol. The van der Waals surface area contributed by atoms with Crippen LogP contribution in [0.2, 0.25) is 0 Å². The summed E-state index contributed by atoms with van der Waals surface area (Å²) in [5.41, 5.74) is 0.636. The van der Waals surface area contributed by atoms with Gasteiger partial charge in [-0.05, 0) is 18.3 Å². The van der Waals surface area contributed by atoms with Crippen LogP contribution in [0.4, 0.5) is 4.39 Å². The van der Waals surface area contributed by atoms with Crippen LogP contribution in [0.1, 0.15) is 5.56 Å². The summed E-state index contributed by atoms with van der Waals surface area (Å²) in [7, 11) is 0. The lowest BCUT2D eigenvalue weighted by molar-refractivity contribution is -0.906. The molecule has 1 saturated heterocycles. The Hall–Kier alpha value is -1.61. The van der Waals surface area contributed by atoms with Crippen molar-refractivity contribution in [1.82, 2.24) is 9.88 Å². The number of ether oxygens (including phenoxy) is 1. The topological polar surface area (TPSA) is 43.0 Å². The lowest BCUT2D eigenvalue weighted by Crippen LogP contribution is -3.14. The number of hydrogen-bond acceptors (Lipinski definition) is 3. The van der Waals surface area contributed by atoms with Crippen molar-refractivity contribution in [3.63, 3.8) is 0 Å². The highest BCUT2D eigenvalue weighted by Gasteiger charge is 2.12. The van der Waals surface area contributed by atoms with E-state index in [1.165, 1.54) is 22.3 Å². The molecule has 0 atom stereocenters. The van der Waals surface area contributed by atoms with Gasteiger partial charge in [0.25, 0.3) is 0 Å². The minimum Gasteiger partial charge on any atom is -0.370 e. The number of aromatic nitrogens is 1. The van der Waals surface area contributed by atoms with E-state index in [2.05, 4.69) is 10.3 Å². The number of nitrogens with zero attached hydrogens (tertiary/aromatic N) is 2. The molecule has 1 aromatic carbocycles. The van der Waals surface area contributed by atoms with Gasteiger partial charge in [0.2, 0.25) is 0 Å². The molecule has 2 aromatic rings. The number of hydrogen-bond donors (Lipinski definition) is 2. The Balaban J connectivity index is 1.57. The molecule has 0 radical (unpaired) electrons. The van der Waals surface area contributed by atoms with E-state index in [0.29, 0.717) is 17.2 Å². The minimum atomic E-state index is -0.207. The normalized spacial score (nSPS) is 16.1. The van der Waals surface area contributed by atoms with Crippen LogP contribution in [0.25, 0.3) is 0 Å². The van der Waals surface area contributed by atoms with E-state index >= 15 is 0 Å². The summed E-state index contributed by atoms with van der Waals surface area (Å²) in [5, 5.41) is 5.59. The number of benzene rings is 1. The fourth-order valence-corrected chi connectivity index (χ4v) is 3.68. The fourth-order valence-electron chi connectivity index (χ4n) is 2.70. The van der Waals surface area contributed by atoms with Crippen LogP contribution in [-0.2, 0) is 11.3 Å². The quantitative estimate of drug-likeness (QED) is 0.738. The number of rotatable bonds is 5. The van der Waals surface area contributed by atoms with Gasteiger partial charge in [0.1, 0.15) is 18.9 Å². The third-order valence-corrected chi connectivity index (χ3v) is 5.14. The summed E-state index contributed by atoms with van der Waals surface area (Å²) >= 11 is 6.82. The van der Waals surface area contributed by atoms with Crippen LogP contribution >= 0.6 is 23.6 Å². The monoisotopic (exact) mass is 381 g/mol. The molecule has 3 rings (SSSR count). The average Bonchev–Trinajstić information content (AvgIpc) is 3.04. The molecule has 0 unspecified atom stereocenters. The van der Waals surface area contributed by atoms with Crippen LogP contribution < -0.4 is 15.0 Å². The van der Waals surface area contributed by atoms with E-state index in [9.17, 15) is 4.39 Å². The standard InChI is InChI=1S/C17H21FN4OS2/c18-15-4-2-1-3-14(15)13-22-9-12-25-17(22)20-16(24)19-5-6-21-7-10-23-11-8-21/h1-4,9,12H,5-8,10-11,13H2,(H,19,24)/p+1. The van der Waals surface area contributed by atoms with E-state index < -0.39 is 0 Å². The van der Waals surface area contributed by atoms with E-state index in [4.69, 9.17) is 17.0 Å². The van der Waals surface area contributed by atoms with Crippen molar-refractivity contribution >= 4 is 28.7 Å². The molecule has 1 aliphatic heterocycles. The molecule has 134 valence electrons. The van der Waals surface area contributed by atoms with Gasteiger partial charge in [-0.3, -0.25) is 0 Å². The molecule has 8 heteroatoms. The van der Waals surface area contributed by atoms with Gasteiger partial charge in [0.05, 0.1) is 32.8 Å². The van der Waals surface area contributed by atoms with Gasteiger partial charge in [0.15, 0.2) is 9.91 Å². The molecule has 2 heterocycles. The Morgan fingerprint density at radius 1 is 1.36 bits per heavy atom. The highest BCUT2D eigenvalue weighted by atomic mass is 32.1. The molecule has 2 N–H and O–H groups in total. The smallest absolute Gasteiger partial charge is 0.195 e. The zero-order valence-electron chi connectivity index (χ0n) is 13.9. The predicted octanol–water partition coefficient (Wildman–Crippen LogP) is 0.427. The van der Waals surface area contributed by atoms with Gasteiger partial charge < -0.3 is 19.5 Å². The minimum absolute atomic E-state index is 0.207. The molecule has 25 heavy (non-hydrogen) atoms. The molecular formula is C17H22FN4OS2+. The fraction of sp³-hybridized carbons (Fsp3) is 0.412. The molecule has 5 nitrogen and oxygen atoms in total. The van der Waals surface area contributed by atoms with Gasteiger partial charge in [0, 0.05) is 17.1 Å². The second kappa shape index (κ2) is 9.19. The van der Waals surface area contributed by atoms with E-state index in [-0.39, 0.29) is 5.82 Å². The number of halogens is 1. The SMILES string of the molecule is Fc1ccccc1Cn1ccsc1=NC(=S)NCC[NH+]1CCOCC1. The maximum atomic E-state index is 13.8. The highest BCUT2D eigenvalue weighted by Crippen LogP contribution is 2.07. The summed E-state index contributed by atoms with van der Waals surface area (Å²) in [6.07, 6.45) is 1.90. The zero-order valence-corrected chi connectivity index (χ0v) is 15.5. The Kier molecular flexibility index (Phi) is 6.69. The van der Waals surface area contributed by atoms with Crippen molar-refractivity contribution in [3.05, 3.63) is 52.0 Å².